The molecular weight excluding hydrogens is 352 g/mol. The lowest BCUT2D eigenvalue weighted by Crippen LogP contribution is -2.22. The van der Waals surface area contributed by atoms with Crippen LogP contribution in [0.3, 0.4) is 0 Å². The topological polar surface area (TPSA) is 92.4 Å². The molecule has 0 saturated heterocycles. The molecule has 2 aromatic rings. The Morgan fingerprint density at radius 3 is 2.63 bits per heavy atom. The van der Waals surface area contributed by atoms with Gasteiger partial charge in [-0.1, -0.05) is 0 Å². The molecule has 8 heteroatoms. The van der Waals surface area contributed by atoms with Crippen LogP contribution in [0.25, 0.3) is 0 Å². The van der Waals surface area contributed by atoms with E-state index in [1.54, 1.807) is 0 Å². The predicted octanol–water partition coefficient (Wildman–Crippen LogP) is 2.28. The molecule has 0 atom stereocenters. The summed E-state index contributed by atoms with van der Waals surface area (Å²) >= 11 is 4.77. The van der Waals surface area contributed by atoms with Crippen molar-refractivity contribution in [3.63, 3.8) is 0 Å². The number of hydrogen-bond donors (Lipinski definition) is 3. The number of anilines is 1. The smallest absolute Gasteiger partial charge is 0.240 e. The Hall–Kier alpha value is -1.09. The number of hydrogen-bond acceptors (Lipinski definition) is 5. The van der Waals surface area contributed by atoms with Gasteiger partial charge in [-0.3, -0.25) is 0 Å². The van der Waals surface area contributed by atoms with Crippen molar-refractivity contribution in [2.24, 2.45) is 0 Å². The number of nitrogens with one attached hydrogen (secondary N) is 1. The van der Waals surface area contributed by atoms with E-state index in [1.165, 1.54) is 29.5 Å². The molecule has 5 nitrogen and oxygen atoms in total. The molecule has 0 bridgehead atoms. The van der Waals surface area contributed by atoms with Gasteiger partial charge in [-0.05, 0) is 46.3 Å². The Kier molecular flexibility index (Phi) is 4.14. The van der Waals surface area contributed by atoms with Crippen molar-refractivity contribution < 1.29 is 13.5 Å². The van der Waals surface area contributed by atoms with Crippen LogP contribution >= 0.6 is 27.3 Å². The SMILES string of the molecule is Nc1cc(S(=O)(=O)NCc2ccc(Br)s2)ccc1O. The number of benzene rings is 1. The van der Waals surface area contributed by atoms with E-state index in [2.05, 4.69) is 20.7 Å². The van der Waals surface area contributed by atoms with Gasteiger partial charge < -0.3 is 10.8 Å². The maximum Gasteiger partial charge on any atom is 0.240 e. The molecule has 0 aliphatic rings. The van der Waals surface area contributed by atoms with E-state index in [9.17, 15) is 13.5 Å². The molecule has 1 aromatic carbocycles. The van der Waals surface area contributed by atoms with Gasteiger partial charge in [-0.2, -0.15) is 0 Å². The number of sulfonamides is 1. The number of rotatable bonds is 4. The third kappa shape index (κ3) is 3.47. The Balaban J connectivity index is 2.16. The molecule has 0 spiro atoms. The van der Waals surface area contributed by atoms with Crippen molar-refractivity contribution in [2.45, 2.75) is 11.4 Å². The average molecular weight is 363 g/mol. The van der Waals surface area contributed by atoms with E-state index in [1.807, 2.05) is 12.1 Å². The Morgan fingerprint density at radius 2 is 2.05 bits per heavy atom. The Morgan fingerprint density at radius 1 is 1.32 bits per heavy atom. The number of halogens is 1. The fourth-order valence-electron chi connectivity index (χ4n) is 1.40. The lowest BCUT2D eigenvalue weighted by Gasteiger charge is -2.07. The maximum atomic E-state index is 12.0. The van der Waals surface area contributed by atoms with E-state index in [0.29, 0.717) is 0 Å². The fraction of sp³-hybridized carbons (Fsp3) is 0.0909. The molecule has 0 unspecified atom stereocenters. The van der Waals surface area contributed by atoms with Gasteiger partial charge in [-0.15, -0.1) is 11.3 Å². The van der Waals surface area contributed by atoms with Gasteiger partial charge in [0.25, 0.3) is 0 Å². The summed E-state index contributed by atoms with van der Waals surface area (Å²) in [5, 5.41) is 9.28. The molecule has 1 heterocycles. The summed E-state index contributed by atoms with van der Waals surface area (Å²) in [7, 11) is -3.64. The van der Waals surface area contributed by atoms with Crippen LogP contribution in [0.15, 0.2) is 39.0 Å². The fourth-order valence-corrected chi connectivity index (χ4v) is 3.95. The monoisotopic (exact) mass is 362 g/mol. The highest BCUT2D eigenvalue weighted by molar-refractivity contribution is 9.11. The largest absolute Gasteiger partial charge is 0.506 e. The number of phenolic OH excluding ortho intramolecular Hbond substituents is 1. The lowest BCUT2D eigenvalue weighted by atomic mass is 10.3. The molecule has 2 rings (SSSR count). The second-order valence-electron chi connectivity index (χ2n) is 3.75. The second kappa shape index (κ2) is 5.49. The van der Waals surface area contributed by atoms with Gasteiger partial charge in [0, 0.05) is 11.4 Å². The molecule has 0 amide bonds. The van der Waals surface area contributed by atoms with Gasteiger partial charge in [0.1, 0.15) is 5.75 Å². The van der Waals surface area contributed by atoms with Crippen LogP contribution < -0.4 is 10.5 Å². The number of nitrogens with two attached hydrogens (primary N) is 1. The molecule has 4 N–H and O–H groups in total. The summed E-state index contributed by atoms with van der Waals surface area (Å²) < 4.78 is 27.5. The third-order valence-electron chi connectivity index (χ3n) is 2.37. The van der Waals surface area contributed by atoms with E-state index < -0.39 is 10.0 Å². The molecule has 102 valence electrons. The van der Waals surface area contributed by atoms with Gasteiger partial charge in [0.2, 0.25) is 10.0 Å². The first-order chi connectivity index (χ1) is 8.88. The van der Waals surface area contributed by atoms with Crippen LogP contribution in [0.5, 0.6) is 5.75 Å². The Labute approximate surface area is 123 Å². The zero-order valence-corrected chi connectivity index (χ0v) is 12.8. The summed E-state index contributed by atoms with van der Waals surface area (Å²) in [6.07, 6.45) is 0. The van der Waals surface area contributed by atoms with Crippen LogP contribution in [-0.4, -0.2) is 13.5 Å². The molecule has 0 radical (unpaired) electrons. The molecule has 1 aromatic heterocycles. The first kappa shape index (κ1) is 14.3. The third-order valence-corrected chi connectivity index (χ3v) is 5.40. The summed E-state index contributed by atoms with van der Waals surface area (Å²) in [6.45, 7) is 0.208. The molecule has 0 aliphatic carbocycles. The standard InChI is InChI=1S/C11H11BrN2O3S2/c12-11-4-1-7(18-11)6-14-19(16,17)8-2-3-10(15)9(13)5-8/h1-5,14-15H,6,13H2. The Bertz CT molecular complexity index is 698. The summed E-state index contributed by atoms with van der Waals surface area (Å²) in [5.74, 6) is -0.138. The highest BCUT2D eigenvalue weighted by Crippen LogP contribution is 2.24. The van der Waals surface area contributed by atoms with Gasteiger partial charge in [0.15, 0.2) is 0 Å². The normalized spacial score (nSPS) is 11.6. The average Bonchev–Trinajstić information content (AvgIpc) is 2.76. The summed E-state index contributed by atoms with van der Waals surface area (Å²) in [4.78, 5) is 0.917. The first-order valence-electron chi connectivity index (χ1n) is 5.21. The van der Waals surface area contributed by atoms with Crippen LogP contribution in [0.2, 0.25) is 0 Å². The molecule has 0 fully saturated rings. The quantitative estimate of drug-likeness (QED) is 0.574. The van der Waals surface area contributed by atoms with Crippen LogP contribution in [-0.2, 0) is 16.6 Å². The second-order valence-corrected chi connectivity index (χ2v) is 8.07. The molecule has 19 heavy (non-hydrogen) atoms. The zero-order chi connectivity index (χ0) is 14.0. The van der Waals surface area contributed by atoms with Gasteiger partial charge in [0.05, 0.1) is 14.4 Å². The van der Waals surface area contributed by atoms with E-state index in [-0.39, 0.29) is 22.9 Å². The minimum absolute atomic E-state index is 0.0263. The van der Waals surface area contributed by atoms with Crippen LogP contribution in [0.1, 0.15) is 4.88 Å². The van der Waals surface area contributed by atoms with Crippen LogP contribution in [0.4, 0.5) is 5.69 Å². The van der Waals surface area contributed by atoms with Crippen molar-refractivity contribution in [1.29, 1.82) is 0 Å². The minimum atomic E-state index is -3.64. The van der Waals surface area contributed by atoms with Crippen molar-refractivity contribution in [2.75, 3.05) is 5.73 Å². The van der Waals surface area contributed by atoms with Crippen molar-refractivity contribution >= 4 is 43.0 Å². The summed E-state index contributed by atoms with van der Waals surface area (Å²) in [5.41, 5.74) is 5.51. The van der Waals surface area contributed by atoms with Crippen molar-refractivity contribution in [3.05, 3.63) is 39.0 Å². The van der Waals surface area contributed by atoms with E-state index in [4.69, 9.17) is 5.73 Å². The molecular formula is C11H11BrN2O3S2. The number of thiophene rings is 1. The van der Waals surface area contributed by atoms with E-state index in [0.717, 1.165) is 8.66 Å². The summed E-state index contributed by atoms with van der Waals surface area (Å²) in [6, 6.07) is 7.47. The molecule has 0 aliphatic heterocycles. The minimum Gasteiger partial charge on any atom is -0.506 e. The number of nitrogen functional groups attached to an aromatic ring is 1. The predicted molar refractivity (Wildman–Crippen MR) is 78.6 cm³/mol. The zero-order valence-electron chi connectivity index (χ0n) is 9.63. The van der Waals surface area contributed by atoms with Gasteiger partial charge >= 0.3 is 0 Å². The number of aromatic hydroxyl groups is 1. The lowest BCUT2D eigenvalue weighted by molar-refractivity contribution is 0.477. The highest BCUT2D eigenvalue weighted by Gasteiger charge is 2.15. The van der Waals surface area contributed by atoms with Gasteiger partial charge in [-0.25, -0.2) is 13.1 Å². The maximum absolute atomic E-state index is 12.0. The first-order valence-corrected chi connectivity index (χ1v) is 8.30. The van der Waals surface area contributed by atoms with Crippen molar-refractivity contribution in [3.8, 4) is 5.75 Å². The molecule has 0 saturated carbocycles. The highest BCUT2D eigenvalue weighted by atomic mass is 79.9. The van der Waals surface area contributed by atoms with Crippen molar-refractivity contribution in [1.82, 2.24) is 4.72 Å². The number of phenols is 1. The van der Waals surface area contributed by atoms with Crippen LogP contribution in [0, 0.1) is 0 Å². The van der Waals surface area contributed by atoms with E-state index >= 15 is 0 Å².